The summed E-state index contributed by atoms with van der Waals surface area (Å²) in [6.07, 6.45) is 1.91. The molecule has 1 spiro atoms. The van der Waals surface area contributed by atoms with Gasteiger partial charge in [-0.2, -0.15) is 0 Å². The molecule has 1 unspecified atom stereocenters. The van der Waals surface area contributed by atoms with E-state index >= 15 is 0 Å². The molecule has 3 heteroatoms. The molecule has 0 radical (unpaired) electrons. The highest BCUT2D eigenvalue weighted by molar-refractivity contribution is 5.89. The predicted octanol–water partition coefficient (Wildman–Crippen LogP) is 2.62. The van der Waals surface area contributed by atoms with Crippen molar-refractivity contribution in [3.63, 3.8) is 0 Å². The zero-order valence-electron chi connectivity index (χ0n) is 11.7. The molecule has 0 amide bonds. The largest absolute Gasteiger partial charge is 0.508 e. The van der Waals surface area contributed by atoms with E-state index in [9.17, 15) is 15.3 Å². The first-order valence-corrected chi connectivity index (χ1v) is 7.73. The van der Waals surface area contributed by atoms with Crippen LogP contribution in [0.5, 0.6) is 5.75 Å². The number of aromatic hydroxyl groups is 1. The lowest BCUT2D eigenvalue weighted by molar-refractivity contribution is 0.0489. The average molecular weight is 282 g/mol. The second-order valence-corrected chi connectivity index (χ2v) is 7.03. The lowest BCUT2D eigenvalue weighted by Gasteiger charge is -2.37. The zero-order chi connectivity index (χ0) is 14.4. The van der Waals surface area contributed by atoms with Crippen molar-refractivity contribution in [2.24, 2.45) is 11.8 Å². The van der Waals surface area contributed by atoms with Crippen molar-refractivity contribution in [3.8, 4) is 5.75 Å². The molecule has 2 saturated carbocycles. The van der Waals surface area contributed by atoms with Crippen LogP contribution in [-0.2, 0) is 5.41 Å². The summed E-state index contributed by atoms with van der Waals surface area (Å²) in [6.45, 7) is 0. The van der Waals surface area contributed by atoms with Crippen molar-refractivity contribution < 1.29 is 15.3 Å². The van der Waals surface area contributed by atoms with Crippen molar-refractivity contribution in [2.75, 3.05) is 0 Å². The fourth-order valence-corrected chi connectivity index (χ4v) is 5.26. The van der Waals surface area contributed by atoms with Crippen LogP contribution >= 0.6 is 0 Å². The summed E-state index contributed by atoms with van der Waals surface area (Å²) in [5.41, 5.74) is 2.38. The van der Waals surface area contributed by atoms with Gasteiger partial charge >= 0.3 is 0 Å². The summed E-state index contributed by atoms with van der Waals surface area (Å²) in [5, 5.41) is 32.6. The summed E-state index contributed by atoms with van der Waals surface area (Å²) >= 11 is 0. The quantitative estimate of drug-likeness (QED) is 0.696. The fourth-order valence-electron chi connectivity index (χ4n) is 5.26. The van der Waals surface area contributed by atoms with Gasteiger partial charge < -0.3 is 15.3 Å². The Balaban J connectivity index is 1.80. The van der Waals surface area contributed by atoms with E-state index in [0.29, 0.717) is 12.3 Å². The summed E-state index contributed by atoms with van der Waals surface area (Å²) in [5.74, 6) is 1.04. The summed E-state index contributed by atoms with van der Waals surface area (Å²) < 4.78 is 0. The Labute approximate surface area is 122 Å². The van der Waals surface area contributed by atoms with Gasteiger partial charge in [-0.15, -0.1) is 0 Å². The van der Waals surface area contributed by atoms with Crippen LogP contribution in [0, 0.1) is 11.8 Å². The summed E-state index contributed by atoms with van der Waals surface area (Å²) in [4.78, 5) is 0. The average Bonchev–Trinajstić information content (AvgIpc) is 3.08. The number of benzene rings is 2. The maximum atomic E-state index is 10.7. The van der Waals surface area contributed by atoms with E-state index in [1.165, 1.54) is 5.56 Å². The molecular formula is C18H18O3. The zero-order valence-corrected chi connectivity index (χ0v) is 11.7. The van der Waals surface area contributed by atoms with Crippen molar-refractivity contribution in [3.05, 3.63) is 41.5 Å². The lowest BCUT2D eigenvalue weighted by Crippen LogP contribution is -2.34. The van der Waals surface area contributed by atoms with Crippen LogP contribution in [0.2, 0.25) is 0 Å². The molecule has 21 heavy (non-hydrogen) atoms. The molecular weight excluding hydrogens is 264 g/mol. The molecule has 5 rings (SSSR count). The highest BCUT2D eigenvalue weighted by Crippen LogP contribution is 2.71. The first kappa shape index (κ1) is 12.0. The van der Waals surface area contributed by atoms with Crippen molar-refractivity contribution in [1.82, 2.24) is 0 Å². The number of phenolic OH excluding ortho intramolecular Hbond substituents is 1. The minimum atomic E-state index is -0.516. The van der Waals surface area contributed by atoms with Gasteiger partial charge in [0.25, 0.3) is 0 Å². The van der Waals surface area contributed by atoms with Crippen molar-refractivity contribution >= 4 is 10.8 Å². The van der Waals surface area contributed by atoms with Gasteiger partial charge in [0.1, 0.15) is 5.75 Å². The van der Waals surface area contributed by atoms with E-state index in [0.717, 1.165) is 29.2 Å². The van der Waals surface area contributed by atoms with Gasteiger partial charge in [-0.05, 0) is 65.1 Å². The van der Waals surface area contributed by atoms with Crippen LogP contribution in [0.3, 0.4) is 0 Å². The highest BCUT2D eigenvalue weighted by atomic mass is 16.3. The Morgan fingerprint density at radius 1 is 1.05 bits per heavy atom. The van der Waals surface area contributed by atoms with Gasteiger partial charge in [0.15, 0.2) is 0 Å². The smallest absolute Gasteiger partial charge is 0.116 e. The van der Waals surface area contributed by atoms with Gasteiger partial charge in [0.2, 0.25) is 0 Å². The van der Waals surface area contributed by atoms with E-state index < -0.39 is 6.10 Å². The third kappa shape index (κ3) is 1.32. The monoisotopic (exact) mass is 282 g/mol. The van der Waals surface area contributed by atoms with Crippen molar-refractivity contribution in [2.45, 2.75) is 36.9 Å². The van der Waals surface area contributed by atoms with E-state index in [4.69, 9.17) is 0 Å². The predicted molar refractivity (Wildman–Crippen MR) is 79.1 cm³/mol. The molecule has 0 aromatic heterocycles. The summed E-state index contributed by atoms with van der Waals surface area (Å²) in [6, 6.07) is 9.50. The molecule has 0 bridgehead atoms. The lowest BCUT2D eigenvalue weighted by atomic mass is 9.70. The molecule has 3 nitrogen and oxygen atoms in total. The van der Waals surface area contributed by atoms with Crippen LogP contribution in [0.15, 0.2) is 30.3 Å². The Bertz CT molecular complexity index is 768. The number of aliphatic hydroxyl groups is 2. The molecule has 108 valence electrons. The normalized spacial score (nSPS) is 39.7. The molecule has 3 aliphatic rings. The number of aliphatic hydroxyl groups excluding tert-OH is 2. The van der Waals surface area contributed by atoms with Crippen LogP contribution < -0.4 is 0 Å². The minimum Gasteiger partial charge on any atom is -0.508 e. The molecule has 5 atom stereocenters. The first-order valence-electron chi connectivity index (χ1n) is 7.73. The topological polar surface area (TPSA) is 60.7 Å². The molecule has 3 N–H and O–H groups in total. The molecule has 2 aromatic rings. The maximum Gasteiger partial charge on any atom is 0.116 e. The second-order valence-electron chi connectivity index (χ2n) is 7.03. The number of hydrogen-bond donors (Lipinski definition) is 3. The molecule has 0 aliphatic heterocycles. The first-order chi connectivity index (χ1) is 10.1. The van der Waals surface area contributed by atoms with Gasteiger partial charge in [-0.1, -0.05) is 18.2 Å². The van der Waals surface area contributed by atoms with Crippen LogP contribution in [0.25, 0.3) is 10.8 Å². The number of fused-ring (bicyclic) bond motifs is 3. The third-order valence-electron chi connectivity index (χ3n) is 6.16. The van der Waals surface area contributed by atoms with Gasteiger partial charge in [0, 0.05) is 5.41 Å². The molecule has 0 heterocycles. The molecule has 2 aromatic carbocycles. The third-order valence-corrected chi connectivity index (χ3v) is 6.16. The van der Waals surface area contributed by atoms with Crippen molar-refractivity contribution in [1.29, 1.82) is 0 Å². The van der Waals surface area contributed by atoms with E-state index in [-0.39, 0.29) is 23.2 Å². The molecule has 0 saturated heterocycles. The second kappa shape index (κ2) is 3.60. The van der Waals surface area contributed by atoms with E-state index in [1.807, 2.05) is 12.1 Å². The standard InChI is InChI=1S/C18H18O3/c19-11-2-3-12-9(5-11)1-4-13-17(12)16(21)7-14-15(20)6-10-8-18(10,13)14/h1-5,10,14-16,19-21H,6-8H2/t10-,14?,15+,16+,18+/m1/s1. The van der Waals surface area contributed by atoms with E-state index in [2.05, 4.69) is 6.07 Å². The molecule has 3 aliphatic carbocycles. The van der Waals surface area contributed by atoms with Crippen LogP contribution in [0.1, 0.15) is 36.5 Å². The maximum absolute atomic E-state index is 10.7. The SMILES string of the molecule is Oc1ccc2c3c(ccc2c1)[C@]12C[C@H]1C[C@H](O)C2C[C@@H]3O. The van der Waals surface area contributed by atoms with E-state index in [1.54, 1.807) is 12.1 Å². The number of hydrogen-bond acceptors (Lipinski definition) is 3. The Morgan fingerprint density at radius 2 is 1.90 bits per heavy atom. The van der Waals surface area contributed by atoms with Gasteiger partial charge in [-0.25, -0.2) is 0 Å². The molecule has 2 fully saturated rings. The Hall–Kier alpha value is -1.58. The van der Waals surface area contributed by atoms with Crippen LogP contribution in [-0.4, -0.2) is 21.4 Å². The van der Waals surface area contributed by atoms with Gasteiger partial charge in [-0.3, -0.25) is 0 Å². The Kier molecular flexibility index (Phi) is 2.06. The fraction of sp³-hybridized carbons (Fsp3) is 0.444. The van der Waals surface area contributed by atoms with Gasteiger partial charge in [0.05, 0.1) is 12.2 Å². The summed E-state index contributed by atoms with van der Waals surface area (Å²) in [7, 11) is 0. The number of rotatable bonds is 0. The van der Waals surface area contributed by atoms with Crippen LogP contribution in [0.4, 0.5) is 0 Å². The highest BCUT2D eigenvalue weighted by Gasteiger charge is 2.69. The Morgan fingerprint density at radius 3 is 2.76 bits per heavy atom. The number of phenols is 1. The minimum absolute atomic E-state index is 0.111.